The third-order valence-electron chi connectivity index (χ3n) is 4.17. The monoisotopic (exact) mass is 267 g/mol. The quantitative estimate of drug-likeness (QED) is 0.910. The molecule has 1 saturated carbocycles. The van der Waals surface area contributed by atoms with Crippen LogP contribution in [0.3, 0.4) is 0 Å². The Kier molecular flexibility index (Phi) is 3.68. The number of benzene rings is 1. The molecule has 3 rings (SSSR count). The molecule has 1 fully saturated rings. The maximum atomic E-state index is 4.44. The third kappa shape index (κ3) is 2.82. The Morgan fingerprint density at radius 1 is 1.05 bits per heavy atom. The first-order valence-electron chi connectivity index (χ1n) is 7.36. The molecule has 1 aliphatic rings. The number of anilines is 1. The van der Waals surface area contributed by atoms with Gasteiger partial charge in [0.2, 0.25) is 0 Å². The normalized spacial score (nSPS) is 21.6. The molecule has 0 amide bonds. The van der Waals surface area contributed by atoms with E-state index in [2.05, 4.69) is 29.1 Å². The minimum atomic E-state index is 0.591. The van der Waals surface area contributed by atoms with Crippen molar-refractivity contribution in [1.29, 1.82) is 0 Å². The number of hydrogen-bond acceptors (Lipinski definition) is 3. The molecule has 104 valence electrons. The Morgan fingerprint density at radius 3 is 2.30 bits per heavy atom. The molecule has 1 heterocycles. The zero-order valence-corrected chi connectivity index (χ0v) is 12.1. The Hall–Kier alpha value is -1.90. The summed E-state index contributed by atoms with van der Waals surface area (Å²) in [7, 11) is 0. The van der Waals surface area contributed by atoms with E-state index in [0.29, 0.717) is 6.04 Å². The first-order chi connectivity index (χ1) is 9.72. The van der Waals surface area contributed by atoms with E-state index in [-0.39, 0.29) is 0 Å². The summed E-state index contributed by atoms with van der Waals surface area (Å²) in [6.07, 6.45) is 6.30. The second-order valence-corrected chi connectivity index (χ2v) is 5.98. The maximum Gasteiger partial charge on any atom is 0.159 e. The van der Waals surface area contributed by atoms with Crippen LogP contribution in [0.1, 0.15) is 26.7 Å². The summed E-state index contributed by atoms with van der Waals surface area (Å²) in [6.45, 7) is 4.61. The van der Waals surface area contributed by atoms with E-state index in [1.54, 1.807) is 0 Å². The standard InChI is InChI=1S/C17H21N3/c1-12(2)14-8-15(9-14)20-16-10-18-17(19-11-16)13-6-4-3-5-7-13/h3-7,10-12,14-15,20H,8-9H2,1-2H3. The van der Waals surface area contributed by atoms with Crippen molar-refractivity contribution in [2.75, 3.05) is 5.32 Å². The summed E-state index contributed by atoms with van der Waals surface area (Å²) in [5.74, 6) is 2.45. The molecule has 0 unspecified atom stereocenters. The van der Waals surface area contributed by atoms with Crippen molar-refractivity contribution >= 4 is 5.69 Å². The zero-order valence-electron chi connectivity index (χ0n) is 12.1. The third-order valence-corrected chi connectivity index (χ3v) is 4.17. The van der Waals surface area contributed by atoms with E-state index in [0.717, 1.165) is 28.9 Å². The smallest absolute Gasteiger partial charge is 0.159 e. The van der Waals surface area contributed by atoms with E-state index in [1.165, 1.54) is 12.8 Å². The average Bonchev–Trinajstić information content (AvgIpc) is 2.43. The van der Waals surface area contributed by atoms with E-state index >= 15 is 0 Å². The fraction of sp³-hybridized carbons (Fsp3) is 0.412. The fourth-order valence-corrected chi connectivity index (χ4v) is 2.70. The number of rotatable bonds is 4. The van der Waals surface area contributed by atoms with Gasteiger partial charge < -0.3 is 5.32 Å². The van der Waals surface area contributed by atoms with Gasteiger partial charge in [-0.15, -0.1) is 0 Å². The van der Waals surface area contributed by atoms with Crippen LogP contribution < -0.4 is 5.32 Å². The molecule has 20 heavy (non-hydrogen) atoms. The van der Waals surface area contributed by atoms with Gasteiger partial charge in [0.05, 0.1) is 18.1 Å². The predicted octanol–water partition coefficient (Wildman–Crippen LogP) is 3.99. The summed E-state index contributed by atoms with van der Waals surface area (Å²) < 4.78 is 0. The molecule has 3 nitrogen and oxygen atoms in total. The summed E-state index contributed by atoms with van der Waals surface area (Å²) in [4.78, 5) is 8.88. The molecule has 3 heteroatoms. The summed E-state index contributed by atoms with van der Waals surface area (Å²) >= 11 is 0. The Morgan fingerprint density at radius 2 is 1.70 bits per heavy atom. The highest BCUT2D eigenvalue weighted by Gasteiger charge is 2.30. The molecule has 0 atom stereocenters. The lowest BCUT2D eigenvalue weighted by Crippen LogP contribution is -2.37. The van der Waals surface area contributed by atoms with Gasteiger partial charge in [-0.3, -0.25) is 0 Å². The molecule has 0 aliphatic heterocycles. The molecule has 0 spiro atoms. The number of nitrogens with zero attached hydrogens (tertiary/aromatic N) is 2. The van der Waals surface area contributed by atoms with Crippen LogP contribution in [-0.4, -0.2) is 16.0 Å². The summed E-state index contributed by atoms with van der Waals surface area (Å²) in [5, 5.41) is 3.52. The van der Waals surface area contributed by atoms with E-state index < -0.39 is 0 Å². The highest BCUT2D eigenvalue weighted by molar-refractivity contribution is 5.55. The van der Waals surface area contributed by atoms with Crippen LogP contribution >= 0.6 is 0 Å². The lowest BCUT2D eigenvalue weighted by molar-refractivity contribution is 0.212. The van der Waals surface area contributed by atoms with Crippen molar-refractivity contribution in [1.82, 2.24) is 9.97 Å². The molecule has 1 N–H and O–H groups in total. The molecule has 0 saturated heterocycles. The van der Waals surface area contributed by atoms with E-state index in [4.69, 9.17) is 0 Å². The second kappa shape index (κ2) is 5.61. The van der Waals surface area contributed by atoms with Crippen molar-refractivity contribution in [2.24, 2.45) is 11.8 Å². The lowest BCUT2D eigenvalue weighted by atomic mass is 9.73. The molecule has 1 aromatic carbocycles. The largest absolute Gasteiger partial charge is 0.380 e. The summed E-state index contributed by atoms with van der Waals surface area (Å²) in [6, 6.07) is 10.7. The average molecular weight is 267 g/mol. The van der Waals surface area contributed by atoms with Crippen molar-refractivity contribution in [2.45, 2.75) is 32.7 Å². The van der Waals surface area contributed by atoms with Crippen LogP contribution in [0.2, 0.25) is 0 Å². The van der Waals surface area contributed by atoms with Crippen LogP contribution in [0.4, 0.5) is 5.69 Å². The summed E-state index contributed by atoms with van der Waals surface area (Å²) in [5.41, 5.74) is 2.08. The molecule has 2 aromatic rings. The Balaban J connectivity index is 1.60. The van der Waals surface area contributed by atoms with Gasteiger partial charge >= 0.3 is 0 Å². The van der Waals surface area contributed by atoms with Gasteiger partial charge in [-0.05, 0) is 24.7 Å². The van der Waals surface area contributed by atoms with Gasteiger partial charge in [-0.1, -0.05) is 44.2 Å². The minimum Gasteiger partial charge on any atom is -0.380 e. The number of nitrogens with one attached hydrogen (secondary N) is 1. The van der Waals surface area contributed by atoms with Gasteiger partial charge in [-0.25, -0.2) is 9.97 Å². The highest BCUT2D eigenvalue weighted by atomic mass is 15.0. The lowest BCUT2D eigenvalue weighted by Gasteiger charge is -2.38. The first kappa shape index (κ1) is 13.1. The zero-order chi connectivity index (χ0) is 13.9. The van der Waals surface area contributed by atoms with Crippen molar-refractivity contribution in [3.63, 3.8) is 0 Å². The molecule has 0 radical (unpaired) electrons. The van der Waals surface area contributed by atoms with Gasteiger partial charge in [0, 0.05) is 11.6 Å². The van der Waals surface area contributed by atoms with E-state index in [1.807, 2.05) is 42.7 Å². The van der Waals surface area contributed by atoms with Gasteiger partial charge in [0.25, 0.3) is 0 Å². The van der Waals surface area contributed by atoms with Crippen LogP contribution in [0.15, 0.2) is 42.7 Å². The Labute approximate surface area is 120 Å². The molecule has 1 aliphatic carbocycles. The number of aromatic nitrogens is 2. The van der Waals surface area contributed by atoms with Crippen LogP contribution in [-0.2, 0) is 0 Å². The highest BCUT2D eigenvalue weighted by Crippen LogP contribution is 2.35. The number of hydrogen-bond donors (Lipinski definition) is 1. The van der Waals surface area contributed by atoms with Crippen LogP contribution in [0.25, 0.3) is 11.4 Å². The Bertz CT molecular complexity index is 542. The van der Waals surface area contributed by atoms with Crippen LogP contribution in [0, 0.1) is 11.8 Å². The SMILES string of the molecule is CC(C)C1CC(Nc2cnc(-c3ccccc3)nc2)C1. The van der Waals surface area contributed by atoms with Crippen molar-refractivity contribution in [3.8, 4) is 11.4 Å². The molecule has 1 aromatic heterocycles. The predicted molar refractivity (Wildman–Crippen MR) is 82.4 cm³/mol. The van der Waals surface area contributed by atoms with Crippen LogP contribution in [0.5, 0.6) is 0 Å². The molecule has 0 bridgehead atoms. The molecular weight excluding hydrogens is 246 g/mol. The first-order valence-corrected chi connectivity index (χ1v) is 7.36. The topological polar surface area (TPSA) is 37.8 Å². The fourth-order valence-electron chi connectivity index (χ4n) is 2.70. The van der Waals surface area contributed by atoms with Gasteiger partial charge in [0.15, 0.2) is 5.82 Å². The van der Waals surface area contributed by atoms with Crippen molar-refractivity contribution < 1.29 is 0 Å². The maximum absolute atomic E-state index is 4.44. The van der Waals surface area contributed by atoms with Crippen molar-refractivity contribution in [3.05, 3.63) is 42.7 Å². The minimum absolute atomic E-state index is 0.591. The van der Waals surface area contributed by atoms with Gasteiger partial charge in [-0.2, -0.15) is 0 Å². The van der Waals surface area contributed by atoms with Gasteiger partial charge in [0.1, 0.15) is 0 Å². The second-order valence-electron chi connectivity index (χ2n) is 5.98. The van der Waals surface area contributed by atoms with E-state index in [9.17, 15) is 0 Å². The molecular formula is C17H21N3.